The van der Waals surface area contributed by atoms with Gasteiger partial charge in [-0.05, 0) is 44.2 Å². The number of anilines is 1. The van der Waals surface area contributed by atoms with Gasteiger partial charge in [-0.2, -0.15) is 0 Å². The van der Waals surface area contributed by atoms with Crippen molar-refractivity contribution in [2.45, 2.75) is 31.6 Å². The number of hydrogen-bond donors (Lipinski definition) is 3. The summed E-state index contributed by atoms with van der Waals surface area (Å²) in [6.45, 7) is 4.00. The van der Waals surface area contributed by atoms with Gasteiger partial charge in [0.05, 0.1) is 10.3 Å². The highest BCUT2D eigenvalue weighted by Crippen LogP contribution is 2.27. The van der Waals surface area contributed by atoms with Gasteiger partial charge in [-0.25, -0.2) is 13.1 Å². The zero-order valence-corrected chi connectivity index (χ0v) is 13.3. The van der Waals surface area contributed by atoms with Crippen molar-refractivity contribution in [3.63, 3.8) is 0 Å². The molecule has 3 N–H and O–H groups in total. The molecule has 1 aromatic carbocycles. The topological polar surface area (TPSA) is 95.5 Å². The molecule has 0 bridgehead atoms. The third-order valence-electron chi connectivity index (χ3n) is 3.87. The lowest BCUT2D eigenvalue weighted by molar-refractivity contribution is -0.148. The Morgan fingerprint density at radius 1 is 1.19 bits per heavy atom. The molecule has 0 radical (unpaired) electrons. The van der Waals surface area contributed by atoms with Crippen LogP contribution in [0.4, 0.5) is 5.69 Å². The monoisotopic (exact) mass is 314 g/mol. The zero-order valence-electron chi connectivity index (χ0n) is 12.5. The van der Waals surface area contributed by atoms with E-state index in [2.05, 4.69) is 10.0 Å². The van der Waals surface area contributed by atoms with Crippen molar-refractivity contribution in [3.05, 3.63) is 24.3 Å². The van der Waals surface area contributed by atoms with E-state index in [1.165, 1.54) is 19.2 Å². The predicted molar refractivity (Wildman–Crippen MR) is 81.8 cm³/mol. The fourth-order valence-corrected chi connectivity index (χ4v) is 2.75. The molecule has 118 valence electrons. The van der Waals surface area contributed by atoms with E-state index in [-0.39, 0.29) is 4.90 Å². The molecule has 1 aromatic rings. The van der Waals surface area contributed by atoms with Crippen molar-refractivity contribution in [2.75, 3.05) is 18.9 Å². The fourth-order valence-electron chi connectivity index (χ4n) is 2.02. The van der Waals surface area contributed by atoms with E-state index in [1.807, 2.05) is 13.8 Å². The summed E-state index contributed by atoms with van der Waals surface area (Å²) in [5, 5.41) is 12.4. The second-order valence-corrected chi connectivity index (χ2v) is 6.76. The Kier molecular flexibility index (Phi) is 5.74. The molecule has 0 aromatic heterocycles. The molecule has 0 saturated carbocycles. The zero-order chi connectivity index (χ0) is 16.1. The first-order chi connectivity index (χ1) is 9.81. The largest absolute Gasteiger partial charge is 0.481 e. The van der Waals surface area contributed by atoms with Crippen molar-refractivity contribution in [1.82, 2.24) is 4.72 Å². The SMILES string of the molecule is CCC(CC)(CNc1ccc(S(=O)(=O)NC)cc1)C(=O)O. The van der Waals surface area contributed by atoms with E-state index in [4.69, 9.17) is 0 Å². The van der Waals surface area contributed by atoms with Crippen LogP contribution in [0, 0.1) is 5.41 Å². The van der Waals surface area contributed by atoms with E-state index < -0.39 is 21.4 Å². The Bertz CT molecular complexity index is 577. The summed E-state index contributed by atoms with van der Waals surface area (Å²) in [7, 11) is -2.10. The predicted octanol–water partition coefficient (Wildman–Crippen LogP) is 1.90. The number of sulfonamides is 1. The molecule has 0 atom stereocenters. The molecule has 0 heterocycles. The van der Waals surface area contributed by atoms with Gasteiger partial charge in [0, 0.05) is 12.2 Å². The van der Waals surface area contributed by atoms with Crippen LogP contribution in [0.15, 0.2) is 29.2 Å². The normalized spacial score (nSPS) is 12.1. The van der Waals surface area contributed by atoms with Crippen LogP contribution in [0.5, 0.6) is 0 Å². The Morgan fingerprint density at radius 3 is 2.10 bits per heavy atom. The molecule has 7 heteroatoms. The summed E-state index contributed by atoms with van der Waals surface area (Å²) in [5.41, 5.74) is -0.118. The maximum atomic E-state index is 11.6. The van der Waals surface area contributed by atoms with Crippen LogP contribution < -0.4 is 10.0 Å². The molecule has 0 fully saturated rings. The molecular weight excluding hydrogens is 292 g/mol. The lowest BCUT2D eigenvalue weighted by Gasteiger charge is -2.27. The Labute approximate surface area is 125 Å². The van der Waals surface area contributed by atoms with Crippen molar-refractivity contribution < 1.29 is 18.3 Å². The van der Waals surface area contributed by atoms with E-state index in [0.29, 0.717) is 25.1 Å². The van der Waals surface area contributed by atoms with E-state index in [1.54, 1.807) is 12.1 Å². The van der Waals surface area contributed by atoms with Gasteiger partial charge in [0.1, 0.15) is 0 Å². The second-order valence-electron chi connectivity index (χ2n) is 4.88. The number of carbonyl (C=O) groups is 1. The van der Waals surface area contributed by atoms with Crippen molar-refractivity contribution >= 4 is 21.7 Å². The maximum absolute atomic E-state index is 11.6. The number of rotatable bonds is 8. The van der Waals surface area contributed by atoms with Gasteiger partial charge < -0.3 is 10.4 Å². The van der Waals surface area contributed by atoms with E-state index in [0.717, 1.165) is 0 Å². The average Bonchev–Trinajstić information content (AvgIpc) is 2.49. The molecular formula is C14H22N2O4S. The standard InChI is InChI=1S/C14H22N2O4S/c1-4-14(5-2,13(17)18)10-16-11-6-8-12(9-7-11)21(19,20)15-3/h6-9,15-16H,4-5,10H2,1-3H3,(H,17,18). The van der Waals surface area contributed by atoms with Crippen LogP contribution in [0.25, 0.3) is 0 Å². The van der Waals surface area contributed by atoms with Crippen molar-refractivity contribution in [1.29, 1.82) is 0 Å². The number of carboxylic acids is 1. The molecule has 0 aliphatic carbocycles. The highest BCUT2D eigenvalue weighted by Gasteiger charge is 2.34. The fraction of sp³-hybridized carbons (Fsp3) is 0.500. The molecule has 0 amide bonds. The van der Waals surface area contributed by atoms with Gasteiger partial charge in [0.25, 0.3) is 0 Å². The van der Waals surface area contributed by atoms with Crippen molar-refractivity contribution in [2.24, 2.45) is 5.41 Å². The van der Waals surface area contributed by atoms with Crippen LogP contribution >= 0.6 is 0 Å². The Morgan fingerprint density at radius 2 is 1.71 bits per heavy atom. The van der Waals surface area contributed by atoms with E-state index >= 15 is 0 Å². The highest BCUT2D eigenvalue weighted by atomic mass is 32.2. The summed E-state index contributed by atoms with van der Waals surface area (Å²) < 4.78 is 25.4. The van der Waals surface area contributed by atoms with E-state index in [9.17, 15) is 18.3 Å². The quantitative estimate of drug-likeness (QED) is 0.681. The Balaban J connectivity index is 2.84. The van der Waals surface area contributed by atoms with Crippen molar-refractivity contribution in [3.8, 4) is 0 Å². The van der Waals surface area contributed by atoms with Gasteiger partial charge >= 0.3 is 5.97 Å². The molecule has 21 heavy (non-hydrogen) atoms. The Hall–Kier alpha value is -1.60. The van der Waals surface area contributed by atoms with Crippen LogP contribution in [0.2, 0.25) is 0 Å². The van der Waals surface area contributed by atoms with Gasteiger partial charge in [-0.15, -0.1) is 0 Å². The van der Waals surface area contributed by atoms with Gasteiger partial charge in [-0.3, -0.25) is 4.79 Å². The summed E-state index contributed by atoms with van der Waals surface area (Å²) in [6.07, 6.45) is 1.05. The van der Waals surface area contributed by atoms with Crippen LogP contribution in [0.3, 0.4) is 0 Å². The lowest BCUT2D eigenvalue weighted by atomic mass is 9.82. The summed E-state index contributed by atoms with van der Waals surface area (Å²) in [5.74, 6) is -0.825. The van der Waals surface area contributed by atoms with Gasteiger partial charge in [0.15, 0.2) is 0 Å². The molecule has 0 aliphatic rings. The third kappa shape index (κ3) is 3.95. The minimum atomic E-state index is -3.45. The first-order valence-electron chi connectivity index (χ1n) is 6.82. The maximum Gasteiger partial charge on any atom is 0.311 e. The molecule has 1 rings (SSSR count). The first-order valence-corrected chi connectivity index (χ1v) is 8.30. The van der Waals surface area contributed by atoms with Gasteiger partial charge in [-0.1, -0.05) is 13.8 Å². The lowest BCUT2D eigenvalue weighted by Crippen LogP contribution is -2.36. The number of carboxylic acid groups (broad SMARTS) is 1. The second kappa shape index (κ2) is 6.91. The molecule has 0 spiro atoms. The summed E-state index contributed by atoms with van der Waals surface area (Å²) >= 11 is 0. The average molecular weight is 314 g/mol. The molecule has 0 saturated heterocycles. The molecule has 0 aliphatic heterocycles. The number of hydrogen-bond acceptors (Lipinski definition) is 4. The smallest absolute Gasteiger partial charge is 0.311 e. The minimum absolute atomic E-state index is 0.172. The number of nitrogens with one attached hydrogen (secondary N) is 2. The molecule has 6 nitrogen and oxygen atoms in total. The van der Waals surface area contributed by atoms with Crippen LogP contribution in [-0.4, -0.2) is 33.1 Å². The van der Waals surface area contributed by atoms with Crippen LogP contribution in [-0.2, 0) is 14.8 Å². The number of benzene rings is 1. The minimum Gasteiger partial charge on any atom is -0.481 e. The summed E-state index contributed by atoms with van der Waals surface area (Å²) in [6, 6.07) is 6.22. The molecule has 0 unspecified atom stereocenters. The highest BCUT2D eigenvalue weighted by molar-refractivity contribution is 7.89. The first kappa shape index (κ1) is 17.5. The van der Waals surface area contributed by atoms with Gasteiger partial charge in [0.2, 0.25) is 10.0 Å². The number of aliphatic carboxylic acids is 1. The van der Waals surface area contributed by atoms with Crippen LogP contribution in [0.1, 0.15) is 26.7 Å². The summed E-state index contributed by atoms with van der Waals surface area (Å²) in [4.78, 5) is 11.6. The third-order valence-corrected chi connectivity index (χ3v) is 5.30.